The third-order valence-corrected chi connectivity index (χ3v) is 3.48. The second-order valence-electron chi connectivity index (χ2n) is 6.54. The van der Waals surface area contributed by atoms with Crippen LogP contribution in [0, 0.1) is 0 Å². The summed E-state index contributed by atoms with van der Waals surface area (Å²) in [5.41, 5.74) is 7.04. The average molecular weight is 409 g/mol. The van der Waals surface area contributed by atoms with Gasteiger partial charge in [-0.3, -0.25) is 5.32 Å². The number of benzene rings is 1. The van der Waals surface area contributed by atoms with Crippen molar-refractivity contribution >= 4 is 52.2 Å². The van der Waals surface area contributed by atoms with Crippen LogP contribution in [0.25, 0.3) is 0 Å². The topological polar surface area (TPSA) is 114 Å². The molecular formula is C17H21ClN6O2S. The van der Waals surface area contributed by atoms with Gasteiger partial charge in [0.15, 0.2) is 5.11 Å². The van der Waals surface area contributed by atoms with Crippen LogP contribution in [0.15, 0.2) is 30.5 Å². The molecule has 0 saturated heterocycles. The molecule has 1 amide bonds. The Morgan fingerprint density at radius 1 is 1.22 bits per heavy atom. The molecular weight excluding hydrogens is 388 g/mol. The molecule has 0 aliphatic carbocycles. The Balaban J connectivity index is 1.85. The fourth-order valence-corrected chi connectivity index (χ4v) is 2.28. The van der Waals surface area contributed by atoms with Gasteiger partial charge < -0.3 is 21.1 Å². The monoisotopic (exact) mass is 408 g/mol. The average Bonchev–Trinajstić information content (AvgIpc) is 2.56. The fourth-order valence-electron chi connectivity index (χ4n) is 1.94. The molecule has 0 aliphatic rings. The highest BCUT2D eigenvalue weighted by Crippen LogP contribution is 2.16. The van der Waals surface area contributed by atoms with Crippen LogP contribution in [0.3, 0.4) is 0 Å². The number of nitrogens with zero attached hydrogens (tertiary/aromatic N) is 2. The van der Waals surface area contributed by atoms with Crippen molar-refractivity contribution in [2.45, 2.75) is 32.9 Å². The highest BCUT2D eigenvalue weighted by Gasteiger charge is 2.16. The highest BCUT2D eigenvalue weighted by molar-refractivity contribution is 7.80. The van der Waals surface area contributed by atoms with Gasteiger partial charge in [-0.05, 0) is 57.3 Å². The van der Waals surface area contributed by atoms with E-state index < -0.39 is 11.7 Å². The predicted octanol–water partition coefficient (Wildman–Crippen LogP) is 3.55. The summed E-state index contributed by atoms with van der Waals surface area (Å²) in [4.78, 5) is 19.8. The Hall–Kier alpha value is -2.65. The molecule has 144 valence electrons. The minimum Gasteiger partial charge on any atom is -0.444 e. The second kappa shape index (κ2) is 8.83. The molecule has 8 nitrogen and oxygen atoms in total. The second-order valence-corrected chi connectivity index (χ2v) is 7.33. The van der Waals surface area contributed by atoms with E-state index in [-0.39, 0.29) is 17.5 Å². The molecule has 2 rings (SSSR count). The molecule has 0 bridgehead atoms. The van der Waals surface area contributed by atoms with Gasteiger partial charge in [0, 0.05) is 11.4 Å². The molecule has 0 fully saturated rings. The Kier molecular flexibility index (Phi) is 6.75. The number of ether oxygens (including phenoxy) is 1. The fraction of sp³-hybridized carbons (Fsp3) is 0.294. The molecule has 0 radical (unpaired) electrons. The number of nitrogens with one attached hydrogen (secondary N) is 3. The number of carbonyl (C=O) groups excluding carboxylic acids is 1. The van der Waals surface area contributed by atoms with E-state index in [9.17, 15) is 4.79 Å². The van der Waals surface area contributed by atoms with Crippen molar-refractivity contribution in [3.63, 3.8) is 0 Å². The lowest BCUT2D eigenvalue weighted by Gasteiger charge is -2.19. The highest BCUT2D eigenvalue weighted by atomic mass is 35.5. The van der Waals surface area contributed by atoms with Crippen molar-refractivity contribution in [3.8, 4) is 0 Å². The summed E-state index contributed by atoms with van der Waals surface area (Å²) in [7, 11) is 0. The van der Waals surface area contributed by atoms with E-state index in [4.69, 9.17) is 34.3 Å². The van der Waals surface area contributed by atoms with Gasteiger partial charge in [-0.1, -0.05) is 11.6 Å². The standard InChI is InChI=1S/C17H21ClN6O2S/c1-17(2,3)26-16(25)23-11-6-4-10(5-7-11)22-15(27)21-8-12-14(19)20-9-13(18)24-12/h4-7,9H,8H2,1-3H3,(H2,19,20)(H,23,25)(H2,21,22,27). The number of aromatic nitrogens is 2. The molecule has 1 aromatic carbocycles. The lowest BCUT2D eigenvalue weighted by atomic mass is 10.2. The summed E-state index contributed by atoms with van der Waals surface area (Å²) in [6, 6.07) is 7.01. The minimum absolute atomic E-state index is 0.257. The van der Waals surface area contributed by atoms with Crippen LogP contribution in [0.5, 0.6) is 0 Å². The van der Waals surface area contributed by atoms with Crippen LogP contribution in [-0.4, -0.2) is 26.8 Å². The van der Waals surface area contributed by atoms with Gasteiger partial charge in [0.05, 0.1) is 12.7 Å². The van der Waals surface area contributed by atoms with Crippen molar-refractivity contribution in [2.24, 2.45) is 0 Å². The summed E-state index contributed by atoms with van der Waals surface area (Å²) >= 11 is 11.0. The number of rotatable bonds is 4. The third kappa shape index (κ3) is 7.24. The van der Waals surface area contributed by atoms with Gasteiger partial charge in [0.1, 0.15) is 22.3 Å². The number of hydrogen-bond donors (Lipinski definition) is 4. The molecule has 5 N–H and O–H groups in total. The quantitative estimate of drug-likeness (QED) is 0.568. The third-order valence-electron chi connectivity index (χ3n) is 3.05. The summed E-state index contributed by atoms with van der Waals surface area (Å²) in [5, 5.41) is 9.29. The molecule has 0 spiro atoms. The number of nitrogen functional groups attached to an aromatic ring is 1. The normalized spacial score (nSPS) is 10.8. The first-order valence-electron chi connectivity index (χ1n) is 8.04. The van der Waals surface area contributed by atoms with Crippen molar-refractivity contribution in [1.82, 2.24) is 15.3 Å². The number of halogens is 1. The minimum atomic E-state index is -0.555. The summed E-state index contributed by atoms with van der Waals surface area (Å²) < 4.78 is 5.20. The van der Waals surface area contributed by atoms with Crippen LogP contribution in [-0.2, 0) is 11.3 Å². The molecule has 1 aromatic heterocycles. The maximum Gasteiger partial charge on any atom is 0.412 e. The van der Waals surface area contributed by atoms with E-state index in [2.05, 4.69) is 25.9 Å². The van der Waals surface area contributed by atoms with Crippen molar-refractivity contribution in [3.05, 3.63) is 41.3 Å². The number of nitrogens with two attached hydrogens (primary N) is 1. The number of anilines is 3. The molecule has 0 unspecified atom stereocenters. The summed E-state index contributed by atoms with van der Waals surface area (Å²) in [6.07, 6.45) is 0.865. The molecule has 27 heavy (non-hydrogen) atoms. The lowest BCUT2D eigenvalue weighted by molar-refractivity contribution is 0.0636. The molecule has 1 heterocycles. The van der Waals surface area contributed by atoms with E-state index >= 15 is 0 Å². The lowest BCUT2D eigenvalue weighted by Crippen LogP contribution is -2.29. The molecule has 0 aliphatic heterocycles. The van der Waals surface area contributed by atoms with Gasteiger partial charge in [0.25, 0.3) is 0 Å². The molecule has 0 saturated carbocycles. The maximum atomic E-state index is 11.8. The Morgan fingerprint density at radius 2 is 1.81 bits per heavy atom. The van der Waals surface area contributed by atoms with Crippen molar-refractivity contribution in [1.29, 1.82) is 0 Å². The molecule has 0 atom stereocenters. The van der Waals surface area contributed by atoms with E-state index in [1.54, 1.807) is 45.0 Å². The first-order chi connectivity index (χ1) is 12.6. The first-order valence-corrected chi connectivity index (χ1v) is 8.83. The maximum absolute atomic E-state index is 11.8. The smallest absolute Gasteiger partial charge is 0.412 e. The zero-order valence-corrected chi connectivity index (χ0v) is 16.7. The molecule has 2 aromatic rings. The largest absolute Gasteiger partial charge is 0.444 e. The Labute approximate surface area is 167 Å². The number of hydrogen-bond acceptors (Lipinski definition) is 6. The molecule has 10 heteroatoms. The van der Waals surface area contributed by atoms with E-state index in [0.717, 1.165) is 5.69 Å². The van der Waals surface area contributed by atoms with Crippen LogP contribution in [0.2, 0.25) is 5.15 Å². The summed E-state index contributed by atoms with van der Waals surface area (Å²) in [5.74, 6) is 0.285. The number of carbonyl (C=O) groups is 1. The van der Waals surface area contributed by atoms with Crippen LogP contribution in [0.1, 0.15) is 26.5 Å². The van der Waals surface area contributed by atoms with Crippen LogP contribution < -0.4 is 21.7 Å². The van der Waals surface area contributed by atoms with E-state index in [1.807, 2.05) is 0 Å². The SMILES string of the molecule is CC(C)(C)OC(=O)Nc1ccc(NC(=S)NCc2nc(Cl)cnc2N)cc1. The van der Waals surface area contributed by atoms with Crippen molar-refractivity contribution in [2.75, 3.05) is 16.4 Å². The van der Waals surface area contributed by atoms with Gasteiger partial charge in [-0.15, -0.1) is 0 Å². The number of amides is 1. The zero-order valence-electron chi connectivity index (χ0n) is 15.2. The van der Waals surface area contributed by atoms with Gasteiger partial charge in [-0.2, -0.15) is 0 Å². The van der Waals surface area contributed by atoms with E-state index in [1.165, 1.54) is 6.20 Å². The van der Waals surface area contributed by atoms with Gasteiger partial charge in [0.2, 0.25) is 0 Å². The predicted molar refractivity (Wildman–Crippen MR) is 111 cm³/mol. The Morgan fingerprint density at radius 3 is 2.41 bits per heavy atom. The van der Waals surface area contributed by atoms with Crippen LogP contribution in [0.4, 0.5) is 22.0 Å². The van der Waals surface area contributed by atoms with Gasteiger partial charge in [-0.25, -0.2) is 14.8 Å². The zero-order chi connectivity index (χ0) is 20.0. The summed E-state index contributed by atoms with van der Waals surface area (Å²) in [6.45, 7) is 5.69. The Bertz CT molecular complexity index is 823. The number of thiocarbonyl (C=S) groups is 1. The van der Waals surface area contributed by atoms with E-state index in [0.29, 0.717) is 16.5 Å². The van der Waals surface area contributed by atoms with Crippen molar-refractivity contribution < 1.29 is 9.53 Å². The first kappa shape index (κ1) is 20.7. The van der Waals surface area contributed by atoms with Crippen LogP contribution >= 0.6 is 23.8 Å². The van der Waals surface area contributed by atoms with Gasteiger partial charge >= 0.3 is 6.09 Å².